The molecule has 0 unspecified atom stereocenters. The standard InChI is InChI=1S/C21H22N2O5S/c1-21(2)13-17(16-5-3-4-6-18(16)28-21)22-29(26,27)15-9-7-14(8-10-15)23-19(24)11-12-20(23)25/h3-10,17,22H,11-13H2,1-2H3/t17-/m1/s1. The Morgan fingerprint density at radius 1 is 1.00 bits per heavy atom. The van der Waals surface area contributed by atoms with E-state index in [0.29, 0.717) is 17.9 Å². The summed E-state index contributed by atoms with van der Waals surface area (Å²) in [6.45, 7) is 3.84. The SMILES string of the molecule is CC1(C)C[C@@H](NS(=O)(=O)c2ccc(N3C(=O)CCC3=O)cc2)c2ccccc2O1. The molecule has 0 aliphatic carbocycles. The molecule has 4 rings (SSSR count). The van der Waals surface area contributed by atoms with Crippen LogP contribution in [0.3, 0.4) is 0 Å². The molecule has 2 aromatic rings. The van der Waals surface area contributed by atoms with Gasteiger partial charge in [-0.3, -0.25) is 14.5 Å². The lowest BCUT2D eigenvalue weighted by Crippen LogP contribution is -2.41. The van der Waals surface area contributed by atoms with E-state index in [1.807, 2.05) is 38.1 Å². The molecule has 29 heavy (non-hydrogen) atoms. The van der Waals surface area contributed by atoms with Crippen LogP contribution in [-0.4, -0.2) is 25.8 Å². The fourth-order valence-electron chi connectivity index (χ4n) is 3.80. The number of hydrogen-bond donors (Lipinski definition) is 1. The number of carbonyl (C=O) groups excluding carboxylic acids is 2. The highest BCUT2D eigenvalue weighted by molar-refractivity contribution is 7.89. The Kier molecular flexibility index (Phi) is 4.71. The first kappa shape index (κ1) is 19.6. The van der Waals surface area contributed by atoms with E-state index in [-0.39, 0.29) is 29.6 Å². The number of fused-ring (bicyclic) bond motifs is 1. The van der Waals surface area contributed by atoms with Crippen molar-refractivity contribution >= 4 is 27.5 Å². The Bertz CT molecular complexity index is 1060. The first-order valence-electron chi connectivity index (χ1n) is 9.42. The summed E-state index contributed by atoms with van der Waals surface area (Å²) >= 11 is 0. The quantitative estimate of drug-likeness (QED) is 0.777. The maximum absolute atomic E-state index is 13.0. The molecular formula is C21H22N2O5S. The predicted molar refractivity (Wildman–Crippen MR) is 107 cm³/mol. The van der Waals surface area contributed by atoms with Crippen LogP contribution in [0.1, 0.15) is 44.7 Å². The molecule has 0 spiro atoms. The van der Waals surface area contributed by atoms with E-state index >= 15 is 0 Å². The largest absolute Gasteiger partial charge is 0.487 e. The number of carbonyl (C=O) groups is 2. The van der Waals surface area contributed by atoms with Gasteiger partial charge in [0.25, 0.3) is 0 Å². The molecule has 0 bridgehead atoms. The third-order valence-corrected chi connectivity index (χ3v) is 6.62. The number of amides is 2. The number of hydrogen-bond acceptors (Lipinski definition) is 5. The van der Waals surface area contributed by atoms with Crippen molar-refractivity contribution in [3.8, 4) is 5.75 Å². The minimum atomic E-state index is -3.81. The van der Waals surface area contributed by atoms with E-state index in [1.54, 1.807) is 0 Å². The van der Waals surface area contributed by atoms with Crippen molar-refractivity contribution in [1.29, 1.82) is 0 Å². The molecule has 2 aromatic carbocycles. The van der Waals surface area contributed by atoms with E-state index in [2.05, 4.69) is 4.72 Å². The topological polar surface area (TPSA) is 92.8 Å². The van der Waals surface area contributed by atoms with Gasteiger partial charge in [0.2, 0.25) is 21.8 Å². The van der Waals surface area contributed by atoms with Crippen LogP contribution in [0.5, 0.6) is 5.75 Å². The highest BCUT2D eigenvalue weighted by Crippen LogP contribution is 2.40. The van der Waals surface area contributed by atoms with Crippen molar-refractivity contribution in [2.45, 2.75) is 49.6 Å². The average molecular weight is 414 g/mol. The predicted octanol–water partition coefficient (Wildman–Crippen LogP) is 2.92. The van der Waals surface area contributed by atoms with Crippen LogP contribution < -0.4 is 14.4 Å². The van der Waals surface area contributed by atoms with Crippen molar-refractivity contribution in [2.75, 3.05) is 4.90 Å². The highest BCUT2D eigenvalue weighted by atomic mass is 32.2. The van der Waals surface area contributed by atoms with Gasteiger partial charge < -0.3 is 4.74 Å². The summed E-state index contributed by atoms with van der Waals surface area (Å²) in [6, 6.07) is 12.7. The lowest BCUT2D eigenvalue weighted by molar-refractivity contribution is -0.121. The summed E-state index contributed by atoms with van der Waals surface area (Å²) in [5.41, 5.74) is 0.663. The Morgan fingerprint density at radius 2 is 1.62 bits per heavy atom. The van der Waals surface area contributed by atoms with Crippen LogP contribution >= 0.6 is 0 Å². The molecule has 2 aliphatic rings. The third kappa shape index (κ3) is 3.77. The van der Waals surface area contributed by atoms with Crippen LogP contribution in [0.25, 0.3) is 0 Å². The lowest BCUT2D eigenvalue weighted by Gasteiger charge is -2.37. The number of anilines is 1. The number of nitrogens with zero attached hydrogens (tertiary/aromatic N) is 1. The summed E-state index contributed by atoms with van der Waals surface area (Å²) in [7, 11) is -3.81. The number of imide groups is 1. The van der Waals surface area contributed by atoms with E-state index in [4.69, 9.17) is 4.74 Å². The molecule has 8 heteroatoms. The molecule has 0 saturated carbocycles. The maximum Gasteiger partial charge on any atom is 0.241 e. The second-order valence-corrected chi connectivity index (χ2v) is 9.61. The van der Waals surface area contributed by atoms with Crippen molar-refractivity contribution < 1.29 is 22.7 Å². The number of nitrogens with one attached hydrogen (secondary N) is 1. The molecule has 1 fully saturated rings. The van der Waals surface area contributed by atoms with Crippen LogP contribution in [0, 0.1) is 0 Å². The maximum atomic E-state index is 13.0. The van der Waals surface area contributed by atoms with Gasteiger partial charge in [0.05, 0.1) is 16.6 Å². The molecular weight excluding hydrogens is 392 g/mol. The Morgan fingerprint density at radius 3 is 2.28 bits per heavy atom. The molecule has 0 aromatic heterocycles. The van der Waals surface area contributed by atoms with Gasteiger partial charge in [-0.15, -0.1) is 0 Å². The van der Waals surface area contributed by atoms with Gasteiger partial charge in [-0.2, -0.15) is 0 Å². The van der Waals surface area contributed by atoms with Crippen molar-refractivity contribution in [3.05, 3.63) is 54.1 Å². The van der Waals surface area contributed by atoms with Crippen molar-refractivity contribution in [2.24, 2.45) is 0 Å². The van der Waals surface area contributed by atoms with Crippen LogP contribution in [-0.2, 0) is 19.6 Å². The monoisotopic (exact) mass is 414 g/mol. The van der Waals surface area contributed by atoms with Gasteiger partial charge in [-0.05, 0) is 44.2 Å². The van der Waals surface area contributed by atoms with E-state index in [9.17, 15) is 18.0 Å². The first-order chi connectivity index (χ1) is 13.7. The zero-order valence-electron chi connectivity index (χ0n) is 16.2. The first-order valence-corrected chi connectivity index (χ1v) is 10.9. The average Bonchev–Trinajstić information content (AvgIpc) is 2.99. The van der Waals surface area contributed by atoms with E-state index in [1.165, 1.54) is 24.3 Å². The number of benzene rings is 2. The van der Waals surface area contributed by atoms with Crippen molar-refractivity contribution in [1.82, 2.24) is 4.72 Å². The van der Waals surface area contributed by atoms with Crippen LogP contribution in [0.2, 0.25) is 0 Å². The van der Waals surface area contributed by atoms with Crippen LogP contribution in [0.4, 0.5) is 5.69 Å². The molecule has 1 N–H and O–H groups in total. The smallest absolute Gasteiger partial charge is 0.241 e. The number of ether oxygens (including phenoxy) is 1. The second kappa shape index (κ2) is 6.96. The van der Waals surface area contributed by atoms with Gasteiger partial charge in [-0.1, -0.05) is 18.2 Å². The molecule has 2 aliphatic heterocycles. The zero-order valence-corrected chi connectivity index (χ0v) is 17.0. The summed E-state index contributed by atoms with van der Waals surface area (Å²) in [4.78, 5) is 24.9. The molecule has 152 valence electrons. The van der Waals surface area contributed by atoms with E-state index < -0.39 is 21.7 Å². The highest BCUT2D eigenvalue weighted by Gasteiger charge is 2.36. The number of rotatable bonds is 4. The summed E-state index contributed by atoms with van der Waals surface area (Å²) in [5, 5.41) is 0. The van der Waals surface area contributed by atoms with Crippen LogP contribution in [0.15, 0.2) is 53.4 Å². The van der Waals surface area contributed by atoms with Crippen molar-refractivity contribution in [3.63, 3.8) is 0 Å². The Balaban J connectivity index is 1.59. The second-order valence-electron chi connectivity index (χ2n) is 7.89. The number of para-hydroxylation sites is 1. The number of sulfonamides is 1. The summed E-state index contributed by atoms with van der Waals surface area (Å²) < 4.78 is 34.7. The normalized spacial score (nSPS) is 21.0. The summed E-state index contributed by atoms with van der Waals surface area (Å²) in [5.74, 6) is 0.118. The molecule has 1 atom stereocenters. The minimum Gasteiger partial charge on any atom is -0.487 e. The molecule has 2 amide bonds. The molecule has 7 nitrogen and oxygen atoms in total. The fourth-order valence-corrected chi connectivity index (χ4v) is 5.02. The van der Waals surface area contributed by atoms with Gasteiger partial charge >= 0.3 is 0 Å². The fraction of sp³-hybridized carbons (Fsp3) is 0.333. The van der Waals surface area contributed by atoms with Gasteiger partial charge in [0, 0.05) is 24.8 Å². The lowest BCUT2D eigenvalue weighted by atomic mass is 9.90. The summed E-state index contributed by atoms with van der Waals surface area (Å²) in [6.07, 6.45) is 0.844. The molecule has 1 saturated heterocycles. The Labute approximate surface area is 169 Å². The van der Waals surface area contributed by atoms with Gasteiger partial charge in [-0.25, -0.2) is 13.1 Å². The molecule has 2 heterocycles. The van der Waals surface area contributed by atoms with E-state index in [0.717, 1.165) is 10.5 Å². The minimum absolute atomic E-state index is 0.0714. The van der Waals surface area contributed by atoms with Gasteiger partial charge in [0.15, 0.2) is 0 Å². The Hall–Kier alpha value is -2.71. The molecule has 0 radical (unpaired) electrons. The van der Waals surface area contributed by atoms with Gasteiger partial charge in [0.1, 0.15) is 11.4 Å². The third-order valence-electron chi connectivity index (χ3n) is 5.13. The zero-order chi connectivity index (χ0) is 20.8.